The summed E-state index contributed by atoms with van der Waals surface area (Å²) >= 11 is 0. The third-order valence-electron chi connectivity index (χ3n) is 3.18. The van der Waals surface area contributed by atoms with Gasteiger partial charge in [-0.15, -0.1) is 0 Å². The minimum Gasteiger partial charge on any atom is -0.453 e. The zero-order valence-corrected chi connectivity index (χ0v) is 12.5. The highest BCUT2D eigenvalue weighted by Gasteiger charge is 2.01. The second kappa shape index (κ2) is 6.79. The summed E-state index contributed by atoms with van der Waals surface area (Å²) in [7, 11) is 1.34. The molecule has 0 aliphatic rings. The highest BCUT2D eigenvalue weighted by Crippen LogP contribution is 2.21. The second-order valence-corrected chi connectivity index (χ2v) is 5.10. The Morgan fingerprint density at radius 2 is 1.38 bits per heavy atom. The highest BCUT2D eigenvalue weighted by atomic mass is 16.5. The molecule has 0 spiro atoms. The van der Waals surface area contributed by atoms with Gasteiger partial charge in [0.15, 0.2) is 0 Å². The van der Waals surface area contributed by atoms with Crippen molar-refractivity contribution < 1.29 is 9.53 Å². The van der Waals surface area contributed by atoms with Gasteiger partial charge in [-0.3, -0.25) is 5.32 Å². The topological polar surface area (TPSA) is 50.4 Å². The first-order valence-electron chi connectivity index (χ1n) is 6.90. The van der Waals surface area contributed by atoms with Crippen molar-refractivity contribution in [3.8, 4) is 0 Å². The molecule has 0 atom stereocenters. The molecule has 0 heterocycles. The van der Waals surface area contributed by atoms with E-state index in [2.05, 4.69) is 53.5 Å². The van der Waals surface area contributed by atoms with Crippen LogP contribution in [0.5, 0.6) is 0 Å². The lowest BCUT2D eigenvalue weighted by atomic mass is 10.0. The largest absolute Gasteiger partial charge is 0.453 e. The Hall–Kier alpha value is -2.49. The van der Waals surface area contributed by atoms with E-state index in [4.69, 9.17) is 0 Å². The summed E-state index contributed by atoms with van der Waals surface area (Å²) in [6, 6.07) is 15.8. The highest BCUT2D eigenvalue weighted by molar-refractivity contribution is 5.84. The third-order valence-corrected chi connectivity index (χ3v) is 3.18. The molecule has 0 fully saturated rings. The van der Waals surface area contributed by atoms with Crippen LogP contribution in [0.2, 0.25) is 0 Å². The van der Waals surface area contributed by atoms with E-state index in [9.17, 15) is 4.79 Å². The number of carbonyl (C=O) groups excluding carboxylic acids is 1. The zero-order valence-electron chi connectivity index (χ0n) is 12.5. The Balaban J connectivity index is 2.01. The Kier molecular flexibility index (Phi) is 4.82. The summed E-state index contributed by atoms with van der Waals surface area (Å²) in [5.41, 5.74) is 4.01. The maximum Gasteiger partial charge on any atom is 0.411 e. The van der Waals surface area contributed by atoms with Gasteiger partial charge in [0, 0.05) is 17.1 Å². The molecule has 4 nitrogen and oxygen atoms in total. The number of carbonyl (C=O) groups is 1. The van der Waals surface area contributed by atoms with Gasteiger partial charge in [0.1, 0.15) is 0 Å². The van der Waals surface area contributed by atoms with Crippen LogP contribution >= 0.6 is 0 Å². The van der Waals surface area contributed by atoms with E-state index in [0.717, 1.165) is 11.4 Å². The van der Waals surface area contributed by atoms with Gasteiger partial charge >= 0.3 is 6.09 Å². The van der Waals surface area contributed by atoms with Crippen molar-refractivity contribution in [2.45, 2.75) is 19.8 Å². The first kappa shape index (κ1) is 14.9. The zero-order chi connectivity index (χ0) is 15.2. The monoisotopic (exact) mass is 284 g/mol. The molecule has 21 heavy (non-hydrogen) atoms. The standard InChI is InChI=1S/C17H20N2O2/c1-12(2)13-4-6-14(7-5-13)18-15-8-10-16(11-9-15)19-17(20)21-3/h4-12,18H,1-3H3,(H,19,20). The molecule has 2 aromatic rings. The van der Waals surface area contributed by atoms with Gasteiger partial charge in [-0.1, -0.05) is 26.0 Å². The molecule has 0 aromatic heterocycles. The van der Waals surface area contributed by atoms with Crippen LogP contribution < -0.4 is 10.6 Å². The molecule has 0 bridgehead atoms. The predicted molar refractivity (Wildman–Crippen MR) is 86.3 cm³/mol. The molecular formula is C17H20N2O2. The van der Waals surface area contributed by atoms with E-state index in [-0.39, 0.29) is 0 Å². The van der Waals surface area contributed by atoms with Crippen LogP contribution in [0.15, 0.2) is 48.5 Å². The van der Waals surface area contributed by atoms with Gasteiger partial charge in [0.2, 0.25) is 0 Å². The average Bonchev–Trinajstić information content (AvgIpc) is 2.49. The molecule has 2 N–H and O–H groups in total. The van der Waals surface area contributed by atoms with Gasteiger partial charge < -0.3 is 10.1 Å². The summed E-state index contributed by atoms with van der Waals surface area (Å²) in [6.07, 6.45) is -0.472. The van der Waals surface area contributed by atoms with Gasteiger partial charge in [-0.25, -0.2) is 4.79 Å². The lowest BCUT2D eigenvalue weighted by molar-refractivity contribution is 0.187. The number of hydrogen-bond donors (Lipinski definition) is 2. The Labute approximate surface area is 125 Å². The Morgan fingerprint density at radius 3 is 1.86 bits per heavy atom. The van der Waals surface area contributed by atoms with E-state index in [1.165, 1.54) is 12.7 Å². The van der Waals surface area contributed by atoms with Crippen molar-refractivity contribution in [3.05, 3.63) is 54.1 Å². The van der Waals surface area contributed by atoms with Crippen LogP contribution in [0.3, 0.4) is 0 Å². The minimum absolute atomic E-state index is 0.472. The van der Waals surface area contributed by atoms with E-state index < -0.39 is 6.09 Å². The number of nitrogens with one attached hydrogen (secondary N) is 2. The number of ether oxygens (including phenoxy) is 1. The van der Waals surface area contributed by atoms with Crippen molar-refractivity contribution in [2.75, 3.05) is 17.7 Å². The van der Waals surface area contributed by atoms with Crippen LogP contribution in [-0.2, 0) is 4.74 Å². The molecule has 0 radical (unpaired) electrons. The van der Waals surface area contributed by atoms with Gasteiger partial charge in [0.05, 0.1) is 7.11 Å². The number of rotatable bonds is 4. The van der Waals surface area contributed by atoms with E-state index in [1.807, 2.05) is 24.3 Å². The minimum atomic E-state index is -0.472. The molecule has 2 rings (SSSR count). The molecule has 110 valence electrons. The molecule has 0 saturated heterocycles. The molecule has 0 unspecified atom stereocenters. The predicted octanol–water partition coefficient (Wildman–Crippen LogP) is 4.73. The van der Waals surface area contributed by atoms with Crippen molar-refractivity contribution in [2.24, 2.45) is 0 Å². The molecule has 1 amide bonds. The summed E-state index contributed by atoms with van der Waals surface area (Å²) in [4.78, 5) is 11.1. The fourth-order valence-corrected chi connectivity index (χ4v) is 1.92. The Bertz CT molecular complexity index is 589. The van der Waals surface area contributed by atoms with Crippen LogP contribution in [0, 0.1) is 0 Å². The smallest absolute Gasteiger partial charge is 0.411 e. The summed E-state index contributed by atoms with van der Waals surface area (Å²) in [5, 5.41) is 5.93. The van der Waals surface area contributed by atoms with Crippen LogP contribution in [0.4, 0.5) is 21.9 Å². The maximum atomic E-state index is 11.1. The van der Waals surface area contributed by atoms with Crippen molar-refractivity contribution >= 4 is 23.2 Å². The lowest BCUT2D eigenvalue weighted by Gasteiger charge is -2.10. The van der Waals surface area contributed by atoms with Gasteiger partial charge in [0.25, 0.3) is 0 Å². The maximum absolute atomic E-state index is 11.1. The van der Waals surface area contributed by atoms with Crippen LogP contribution in [-0.4, -0.2) is 13.2 Å². The first-order chi connectivity index (χ1) is 10.1. The fraction of sp³-hybridized carbons (Fsp3) is 0.235. The third kappa shape index (κ3) is 4.24. The molecule has 0 saturated carbocycles. The number of amides is 1. The number of methoxy groups -OCH3 is 1. The van der Waals surface area contributed by atoms with E-state index in [1.54, 1.807) is 0 Å². The van der Waals surface area contributed by atoms with Gasteiger partial charge in [-0.05, 0) is 47.9 Å². The summed E-state index contributed by atoms with van der Waals surface area (Å²) in [5.74, 6) is 0.530. The lowest BCUT2D eigenvalue weighted by Crippen LogP contribution is -2.10. The first-order valence-corrected chi connectivity index (χ1v) is 6.90. The second-order valence-electron chi connectivity index (χ2n) is 5.10. The normalized spacial score (nSPS) is 10.3. The number of benzene rings is 2. The molecule has 4 heteroatoms. The summed E-state index contributed by atoms with van der Waals surface area (Å²) in [6.45, 7) is 4.35. The van der Waals surface area contributed by atoms with Crippen LogP contribution in [0.25, 0.3) is 0 Å². The average molecular weight is 284 g/mol. The molecule has 2 aromatic carbocycles. The van der Waals surface area contributed by atoms with Crippen LogP contribution in [0.1, 0.15) is 25.3 Å². The molecule has 0 aliphatic carbocycles. The summed E-state index contributed by atoms with van der Waals surface area (Å²) < 4.78 is 4.54. The molecule has 0 aliphatic heterocycles. The SMILES string of the molecule is COC(=O)Nc1ccc(Nc2ccc(C(C)C)cc2)cc1. The van der Waals surface area contributed by atoms with Crippen molar-refractivity contribution in [1.82, 2.24) is 0 Å². The van der Waals surface area contributed by atoms with E-state index in [0.29, 0.717) is 11.6 Å². The van der Waals surface area contributed by atoms with Crippen molar-refractivity contribution in [1.29, 1.82) is 0 Å². The number of anilines is 3. The number of hydrogen-bond acceptors (Lipinski definition) is 3. The fourth-order valence-electron chi connectivity index (χ4n) is 1.92. The Morgan fingerprint density at radius 1 is 0.905 bits per heavy atom. The van der Waals surface area contributed by atoms with Gasteiger partial charge in [-0.2, -0.15) is 0 Å². The van der Waals surface area contributed by atoms with E-state index >= 15 is 0 Å². The quantitative estimate of drug-likeness (QED) is 0.853. The molecular weight excluding hydrogens is 264 g/mol. The van der Waals surface area contributed by atoms with Crippen molar-refractivity contribution in [3.63, 3.8) is 0 Å².